The first-order chi connectivity index (χ1) is 9.90. The molecule has 0 bridgehead atoms. The van der Waals surface area contributed by atoms with Crippen LogP contribution in [0.5, 0.6) is 0 Å². The molecule has 0 aliphatic rings. The molecule has 21 heavy (non-hydrogen) atoms. The number of benzene rings is 2. The van der Waals surface area contributed by atoms with Gasteiger partial charge in [0.05, 0.1) is 0 Å². The van der Waals surface area contributed by atoms with E-state index < -0.39 is 0 Å². The van der Waals surface area contributed by atoms with Crippen LogP contribution in [-0.2, 0) is 11.8 Å². The molecule has 3 N–H and O–H groups in total. The van der Waals surface area contributed by atoms with E-state index >= 15 is 0 Å². The van der Waals surface area contributed by atoms with Gasteiger partial charge in [0.25, 0.3) is 0 Å². The summed E-state index contributed by atoms with van der Waals surface area (Å²) in [6.07, 6.45) is 0.893. The van der Waals surface area contributed by atoms with Crippen molar-refractivity contribution in [2.24, 2.45) is 5.84 Å². The molecule has 1 atom stereocenters. The minimum absolute atomic E-state index is 0.145. The maximum atomic E-state index is 5.74. The highest BCUT2D eigenvalue weighted by molar-refractivity contribution is 5.30. The summed E-state index contributed by atoms with van der Waals surface area (Å²) >= 11 is 0. The molecule has 1 unspecified atom stereocenters. The van der Waals surface area contributed by atoms with Crippen molar-refractivity contribution in [2.45, 2.75) is 45.6 Å². The number of nitrogens with two attached hydrogens (primary N) is 1. The van der Waals surface area contributed by atoms with E-state index in [-0.39, 0.29) is 11.5 Å². The number of hydrazine groups is 1. The average Bonchev–Trinajstić information content (AvgIpc) is 2.45. The van der Waals surface area contributed by atoms with Gasteiger partial charge in [0.1, 0.15) is 0 Å². The van der Waals surface area contributed by atoms with Crippen molar-refractivity contribution >= 4 is 0 Å². The number of hydrogen-bond acceptors (Lipinski definition) is 2. The zero-order valence-corrected chi connectivity index (χ0v) is 13.5. The van der Waals surface area contributed by atoms with Crippen molar-refractivity contribution in [1.82, 2.24) is 5.43 Å². The van der Waals surface area contributed by atoms with Gasteiger partial charge in [-0.15, -0.1) is 0 Å². The maximum Gasteiger partial charge on any atom is 0.0500 e. The number of hydrogen-bond donors (Lipinski definition) is 2. The Labute approximate surface area is 128 Å². The Hall–Kier alpha value is -1.64. The molecule has 0 aromatic heterocycles. The lowest BCUT2D eigenvalue weighted by Gasteiger charge is -2.20. The lowest BCUT2D eigenvalue weighted by Crippen LogP contribution is -2.29. The summed E-state index contributed by atoms with van der Waals surface area (Å²) in [6.45, 7) is 8.80. The van der Waals surface area contributed by atoms with E-state index in [1.807, 2.05) is 0 Å². The summed E-state index contributed by atoms with van der Waals surface area (Å²) in [5, 5.41) is 0. The van der Waals surface area contributed by atoms with Crippen molar-refractivity contribution in [3.05, 3.63) is 70.8 Å². The first kappa shape index (κ1) is 15.7. The summed E-state index contributed by atoms with van der Waals surface area (Å²) in [4.78, 5) is 0. The molecule has 2 aromatic carbocycles. The zero-order valence-electron chi connectivity index (χ0n) is 13.5. The van der Waals surface area contributed by atoms with E-state index in [1.54, 1.807) is 0 Å². The zero-order chi connectivity index (χ0) is 15.5. The van der Waals surface area contributed by atoms with Crippen LogP contribution in [0.25, 0.3) is 0 Å². The minimum Gasteiger partial charge on any atom is -0.271 e. The first-order valence-corrected chi connectivity index (χ1v) is 7.52. The number of aryl methyl sites for hydroxylation is 1. The molecule has 0 saturated carbocycles. The maximum absolute atomic E-state index is 5.74. The van der Waals surface area contributed by atoms with Crippen LogP contribution < -0.4 is 11.3 Å². The van der Waals surface area contributed by atoms with Crippen LogP contribution >= 0.6 is 0 Å². The standard InChI is InChI=1S/C19H26N2/c1-14-5-9-16(10-6-14)18(21-20)13-15-7-11-17(12-8-15)19(2,3)4/h5-12,18,21H,13,20H2,1-4H3. The second kappa shape index (κ2) is 6.42. The molecule has 2 aromatic rings. The Morgan fingerprint density at radius 2 is 1.52 bits per heavy atom. The fourth-order valence-electron chi connectivity index (χ4n) is 2.45. The molecule has 0 amide bonds. The molecular weight excluding hydrogens is 256 g/mol. The summed E-state index contributed by atoms with van der Waals surface area (Å²) < 4.78 is 0. The molecule has 0 aliphatic heterocycles. The average molecular weight is 282 g/mol. The Morgan fingerprint density at radius 1 is 0.952 bits per heavy atom. The highest BCUT2D eigenvalue weighted by Gasteiger charge is 2.14. The number of nitrogens with one attached hydrogen (secondary N) is 1. The molecule has 2 heteroatoms. The molecular formula is C19H26N2. The molecule has 0 saturated heterocycles. The predicted molar refractivity (Wildman–Crippen MR) is 90.1 cm³/mol. The van der Waals surface area contributed by atoms with Gasteiger partial charge in [-0.3, -0.25) is 11.3 Å². The monoisotopic (exact) mass is 282 g/mol. The van der Waals surface area contributed by atoms with Gasteiger partial charge in [-0.25, -0.2) is 0 Å². The lowest BCUT2D eigenvalue weighted by molar-refractivity contribution is 0.551. The fraction of sp³-hybridized carbons (Fsp3) is 0.368. The van der Waals surface area contributed by atoms with Gasteiger partial charge in [-0.05, 0) is 35.4 Å². The van der Waals surface area contributed by atoms with Gasteiger partial charge in [0.2, 0.25) is 0 Å². The molecule has 0 aliphatic carbocycles. The summed E-state index contributed by atoms with van der Waals surface area (Å²) in [7, 11) is 0. The van der Waals surface area contributed by atoms with Gasteiger partial charge >= 0.3 is 0 Å². The van der Waals surface area contributed by atoms with E-state index in [4.69, 9.17) is 5.84 Å². The smallest absolute Gasteiger partial charge is 0.0500 e. The van der Waals surface area contributed by atoms with Crippen molar-refractivity contribution in [3.63, 3.8) is 0 Å². The van der Waals surface area contributed by atoms with E-state index in [1.165, 1.54) is 22.3 Å². The predicted octanol–water partition coefficient (Wildman–Crippen LogP) is 4.04. The highest BCUT2D eigenvalue weighted by atomic mass is 15.2. The molecule has 0 fully saturated rings. The SMILES string of the molecule is Cc1ccc(C(Cc2ccc(C(C)(C)C)cc2)NN)cc1. The van der Waals surface area contributed by atoms with Crippen LogP contribution in [0, 0.1) is 6.92 Å². The second-order valence-electron chi connectivity index (χ2n) is 6.78. The van der Waals surface area contributed by atoms with Crippen LogP contribution in [0.3, 0.4) is 0 Å². The van der Waals surface area contributed by atoms with E-state index in [2.05, 4.69) is 81.7 Å². The van der Waals surface area contributed by atoms with Crippen LogP contribution in [-0.4, -0.2) is 0 Å². The molecule has 0 heterocycles. The lowest BCUT2D eigenvalue weighted by atomic mass is 9.86. The van der Waals surface area contributed by atoms with Crippen molar-refractivity contribution < 1.29 is 0 Å². The van der Waals surface area contributed by atoms with Crippen LogP contribution in [0.1, 0.15) is 49.1 Å². The van der Waals surface area contributed by atoms with Crippen LogP contribution in [0.2, 0.25) is 0 Å². The van der Waals surface area contributed by atoms with Gasteiger partial charge in [0.15, 0.2) is 0 Å². The third kappa shape index (κ3) is 4.16. The summed E-state index contributed by atoms with van der Waals surface area (Å²) in [5.41, 5.74) is 8.28. The van der Waals surface area contributed by atoms with Gasteiger partial charge < -0.3 is 0 Å². The Bertz CT molecular complexity index is 562. The topological polar surface area (TPSA) is 38.0 Å². The van der Waals surface area contributed by atoms with Crippen LogP contribution in [0.15, 0.2) is 48.5 Å². The Kier molecular flexibility index (Phi) is 4.81. The van der Waals surface area contributed by atoms with Gasteiger partial charge in [-0.1, -0.05) is 74.9 Å². The number of rotatable bonds is 4. The highest BCUT2D eigenvalue weighted by Crippen LogP contribution is 2.24. The largest absolute Gasteiger partial charge is 0.271 e. The molecule has 112 valence electrons. The Balaban J connectivity index is 2.13. The van der Waals surface area contributed by atoms with E-state index in [9.17, 15) is 0 Å². The molecule has 2 rings (SSSR count). The normalized spacial score (nSPS) is 13.2. The molecule has 2 nitrogen and oxygen atoms in total. The summed E-state index contributed by atoms with van der Waals surface area (Å²) in [6, 6.07) is 17.5. The third-order valence-corrected chi connectivity index (χ3v) is 3.94. The molecule has 0 radical (unpaired) electrons. The third-order valence-electron chi connectivity index (χ3n) is 3.94. The first-order valence-electron chi connectivity index (χ1n) is 7.52. The molecule has 0 spiro atoms. The van der Waals surface area contributed by atoms with E-state index in [0.29, 0.717) is 0 Å². The Morgan fingerprint density at radius 3 is 2.00 bits per heavy atom. The quantitative estimate of drug-likeness (QED) is 0.656. The van der Waals surface area contributed by atoms with Crippen molar-refractivity contribution in [3.8, 4) is 0 Å². The van der Waals surface area contributed by atoms with Gasteiger partial charge in [0, 0.05) is 6.04 Å². The van der Waals surface area contributed by atoms with Crippen molar-refractivity contribution in [2.75, 3.05) is 0 Å². The van der Waals surface area contributed by atoms with Crippen molar-refractivity contribution in [1.29, 1.82) is 0 Å². The fourth-order valence-corrected chi connectivity index (χ4v) is 2.45. The van der Waals surface area contributed by atoms with Gasteiger partial charge in [-0.2, -0.15) is 0 Å². The van der Waals surface area contributed by atoms with E-state index in [0.717, 1.165) is 6.42 Å². The summed E-state index contributed by atoms with van der Waals surface area (Å²) in [5.74, 6) is 5.74. The second-order valence-corrected chi connectivity index (χ2v) is 6.78. The van der Waals surface area contributed by atoms with Crippen LogP contribution in [0.4, 0.5) is 0 Å². The minimum atomic E-state index is 0.145.